The Bertz CT molecular complexity index is 218. The lowest BCUT2D eigenvalue weighted by Gasteiger charge is -2.45. The fourth-order valence-corrected chi connectivity index (χ4v) is 2.23. The minimum atomic E-state index is -3.67. The predicted molar refractivity (Wildman–Crippen MR) is 67.2 cm³/mol. The molecular weight excluding hydrogens is 243 g/mol. The number of ether oxygens (including phenoxy) is 1. The molecule has 1 aliphatic heterocycles. The third kappa shape index (κ3) is 6.05. The molecule has 0 unspecified atom stereocenters. The van der Waals surface area contributed by atoms with E-state index in [-0.39, 0.29) is 0 Å². The first-order valence-electron chi connectivity index (χ1n) is 6.51. The van der Waals surface area contributed by atoms with Crippen LogP contribution in [0.25, 0.3) is 0 Å². The van der Waals surface area contributed by atoms with Gasteiger partial charge in [0, 0.05) is 12.8 Å². The molecule has 1 rings (SSSR count). The molecule has 110 valence electrons. The smallest absolute Gasteiger partial charge is 0.329 e. The zero-order valence-electron chi connectivity index (χ0n) is 12.2. The highest BCUT2D eigenvalue weighted by atomic mass is 19.4. The van der Waals surface area contributed by atoms with Gasteiger partial charge in [0.05, 0.1) is 24.7 Å². The Labute approximate surface area is 109 Å². The van der Waals surface area contributed by atoms with Gasteiger partial charge in [0.2, 0.25) is 0 Å². The summed E-state index contributed by atoms with van der Waals surface area (Å²) in [6, 6.07) is 0. The molecule has 1 aliphatic rings. The topological polar surface area (TPSA) is 9.23 Å². The zero-order chi connectivity index (χ0) is 14.4. The quantitative estimate of drug-likeness (QED) is 0.705. The highest BCUT2D eigenvalue weighted by Crippen LogP contribution is 2.31. The molecule has 0 aromatic rings. The monoisotopic (exact) mass is 270 g/mol. The molecule has 0 bridgehead atoms. The minimum Gasteiger partial charge on any atom is -0.329 e. The lowest BCUT2D eigenvalue weighted by atomic mass is 10.0. The van der Waals surface area contributed by atoms with Gasteiger partial charge in [-0.15, -0.1) is 0 Å². The van der Waals surface area contributed by atoms with E-state index in [4.69, 9.17) is 4.74 Å². The summed E-state index contributed by atoms with van der Waals surface area (Å²) in [6.07, 6.45) is 3.07. The largest absolute Gasteiger partial charge is 0.379 e. The van der Waals surface area contributed by atoms with Gasteiger partial charge < -0.3 is 4.74 Å². The maximum Gasteiger partial charge on any atom is 0.379 e. The second kappa shape index (κ2) is 7.34. The maximum absolute atomic E-state index is 9.67. The molecule has 18 heavy (non-hydrogen) atoms. The summed E-state index contributed by atoms with van der Waals surface area (Å²) in [5, 5.41) is 0. The van der Waals surface area contributed by atoms with E-state index < -0.39 is 6.68 Å². The Kier molecular flexibility index (Phi) is 7.22. The van der Waals surface area contributed by atoms with Crippen molar-refractivity contribution in [2.45, 2.75) is 65.8 Å². The van der Waals surface area contributed by atoms with Gasteiger partial charge in [0.15, 0.2) is 6.73 Å². The molecule has 0 N–H and O–H groups in total. The van der Waals surface area contributed by atoms with Gasteiger partial charge >= 0.3 is 6.68 Å². The van der Waals surface area contributed by atoms with Gasteiger partial charge in [-0.2, -0.15) is 13.2 Å². The van der Waals surface area contributed by atoms with E-state index in [0.29, 0.717) is 11.6 Å². The molecule has 1 fully saturated rings. The number of hydrogen-bond acceptors (Lipinski definition) is 1. The Balaban J connectivity index is 0.000000631. The average Bonchev–Trinajstić information content (AvgIpc) is 2.62. The van der Waals surface area contributed by atoms with Gasteiger partial charge in [0.1, 0.15) is 0 Å². The van der Waals surface area contributed by atoms with Gasteiger partial charge in [-0.05, 0) is 34.6 Å². The fourth-order valence-electron chi connectivity index (χ4n) is 2.23. The molecule has 0 aromatic carbocycles. The molecule has 0 aliphatic carbocycles. The number of halogens is 3. The number of quaternary nitrogens is 1. The van der Waals surface area contributed by atoms with Crippen molar-refractivity contribution in [3.05, 3.63) is 0 Å². The van der Waals surface area contributed by atoms with Gasteiger partial charge in [-0.3, -0.25) is 4.48 Å². The molecule has 0 spiro atoms. The van der Waals surface area contributed by atoms with Crippen molar-refractivity contribution >= 4 is 0 Å². The van der Waals surface area contributed by atoms with Gasteiger partial charge in [0.25, 0.3) is 0 Å². The predicted octanol–water partition coefficient (Wildman–Crippen LogP) is 3.96. The van der Waals surface area contributed by atoms with Crippen LogP contribution in [0, 0.1) is 0 Å². The lowest BCUT2D eigenvalue weighted by molar-refractivity contribution is -0.977. The second-order valence-corrected chi connectivity index (χ2v) is 6.06. The number of likely N-dealkylation sites (tertiary alicyclic amines) is 1. The van der Waals surface area contributed by atoms with Crippen LogP contribution in [0.5, 0.6) is 0 Å². The Morgan fingerprint density at radius 2 is 1.44 bits per heavy atom. The van der Waals surface area contributed by atoms with E-state index >= 15 is 0 Å². The van der Waals surface area contributed by atoms with Crippen LogP contribution in [0.2, 0.25) is 0 Å². The first-order valence-corrected chi connectivity index (χ1v) is 6.51. The Hall–Kier alpha value is -0.290. The summed E-state index contributed by atoms with van der Waals surface area (Å²) in [4.78, 5) is 0. The normalized spacial score (nSPS) is 19.0. The summed E-state index contributed by atoms with van der Waals surface area (Å²) in [7, 11) is 0. The van der Waals surface area contributed by atoms with Crippen molar-refractivity contribution in [3.8, 4) is 0 Å². The number of hydrogen-bond donors (Lipinski definition) is 0. The van der Waals surface area contributed by atoms with Crippen LogP contribution >= 0.6 is 0 Å². The third-order valence-corrected chi connectivity index (χ3v) is 3.50. The molecule has 1 heterocycles. The van der Waals surface area contributed by atoms with Crippen molar-refractivity contribution in [3.63, 3.8) is 0 Å². The highest BCUT2D eigenvalue weighted by Gasteiger charge is 2.42. The molecule has 0 radical (unpaired) electrons. The van der Waals surface area contributed by atoms with Crippen LogP contribution in [0.4, 0.5) is 13.2 Å². The number of rotatable bonds is 3. The molecule has 5 heteroatoms. The van der Waals surface area contributed by atoms with E-state index in [1.54, 1.807) is 0 Å². The van der Waals surface area contributed by atoms with Crippen LogP contribution in [0.3, 0.4) is 0 Å². The SMILES string of the molecule is CC(C)OC[N+]1(C(C)(C)C)CCCC1.FC(F)F. The van der Waals surface area contributed by atoms with E-state index in [1.165, 1.54) is 25.9 Å². The standard InChI is InChI=1S/C12H26NO.CHF3/c1-11(2)14-10-13(12(3,4)5)8-6-7-9-13;2-1(3)4/h11H,6-10H2,1-5H3;1H/q+1;. The van der Waals surface area contributed by atoms with Gasteiger partial charge in [-0.1, -0.05) is 0 Å². The van der Waals surface area contributed by atoms with E-state index in [2.05, 4.69) is 34.6 Å². The van der Waals surface area contributed by atoms with Gasteiger partial charge in [-0.25, -0.2) is 0 Å². The fraction of sp³-hybridized carbons (Fsp3) is 1.00. The molecule has 0 aromatic heterocycles. The summed E-state index contributed by atoms with van der Waals surface area (Å²) in [6.45, 7) is 11.0. The summed E-state index contributed by atoms with van der Waals surface area (Å²) in [5.41, 5.74) is 0.325. The van der Waals surface area contributed by atoms with E-state index in [0.717, 1.165) is 11.2 Å². The molecule has 2 nitrogen and oxygen atoms in total. The number of nitrogens with zero attached hydrogens (tertiary/aromatic N) is 1. The van der Waals surface area contributed by atoms with Crippen LogP contribution in [-0.4, -0.2) is 42.6 Å². The summed E-state index contributed by atoms with van der Waals surface area (Å²) < 4.78 is 36.0. The molecule has 0 amide bonds. The van der Waals surface area contributed by atoms with E-state index in [9.17, 15) is 13.2 Å². The van der Waals surface area contributed by atoms with Crippen LogP contribution in [-0.2, 0) is 4.74 Å². The first kappa shape index (κ1) is 17.7. The second-order valence-electron chi connectivity index (χ2n) is 6.06. The Morgan fingerprint density at radius 1 is 1.06 bits per heavy atom. The van der Waals surface area contributed by atoms with Crippen molar-refractivity contribution in [1.82, 2.24) is 0 Å². The molecule has 1 saturated heterocycles. The average molecular weight is 270 g/mol. The highest BCUT2D eigenvalue weighted by molar-refractivity contribution is 4.67. The van der Waals surface area contributed by atoms with Crippen molar-refractivity contribution in [2.75, 3.05) is 19.8 Å². The van der Waals surface area contributed by atoms with Crippen molar-refractivity contribution < 1.29 is 22.4 Å². The third-order valence-electron chi connectivity index (χ3n) is 3.50. The maximum atomic E-state index is 9.67. The summed E-state index contributed by atoms with van der Waals surface area (Å²) >= 11 is 0. The first-order chi connectivity index (χ1) is 8.11. The van der Waals surface area contributed by atoms with Crippen molar-refractivity contribution in [1.29, 1.82) is 0 Å². The molecule has 0 saturated carbocycles. The lowest BCUT2D eigenvalue weighted by Crippen LogP contribution is -2.59. The summed E-state index contributed by atoms with van der Waals surface area (Å²) in [5.74, 6) is 0. The van der Waals surface area contributed by atoms with Crippen LogP contribution in [0.15, 0.2) is 0 Å². The van der Waals surface area contributed by atoms with Crippen molar-refractivity contribution in [2.24, 2.45) is 0 Å². The van der Waals surface area contributed by atoms with Crippen LogP contribution < -0.4 is 0 Å². The molecule has 0 atom stereocenters. The Morgan fingerprint density at radius 3 is 1.72 bits per heavy atom. The number of alkyl halides is 3. The van der Waals surface area contributed by atoms with E-state index in [1.807, 2.05) is 0 Å². The molecular formula is C13H27F3NO+. The zero-order valence-corrected chi connectivity index (χ0v) is 12.2. The van der Waals surface area contributed by atoms with Crippen LogP contribution in [0.1, 0.15) is 47.5 Å². The minimum absolute atomic E-state index is 0.325.